The van der Waals surface area contributed by atoms with Gasteiger partial charge in [0.1, 0.15) is 11.2 Å². The summed E-state index contributed by atoms with van der Waals surface area (Å²) < 4.78 is 7.76. The summed E-state index contributed by atoms with van der Waals surface area (Å²) in [5.74, 6) is 1.11. The molecule has 3 heterocycles. The summed E-state index contributed by atoms with van der Waals surface area (Å²) >= 11 is 0. The standard InChI is InChI=1S/C18H20N4O2/c1-12-4-3-5-14-16(12)24-17(20-14)13-6-8-22(9-7-13)18(23)15-10-19-11-21(15)2/h3-5,10-11,13H,6-9H2,1-2H3. The second-order valence-electron chi connectivity index (χ2n) is 6.43. The van der Waals surface area contributed by atoms with Gasteiger partial charge in [0.25, 0.3) is 5.91 Å². The zero-order chi connectivity index (χ0) is 16.7. The van der Waals surface area contributed by atoms with E-state index < -0.39 is 0 Å². The minimum absolute atomic E-state index is 0.0434. The molecule has 4 rings (SSSR count). The summed E-state index contributed by atoms with van der Waals surface area (Å²) in [6.45, 7) is 3.46. The first-order chi connectivity index (χ1) is 11.6. The third-order valence-corrected chi connectivity index (χ3v) is 4.80. The number of carbonyl (C=O) groups excluding carboxylic acids is 1. The number of rotatable bonds is 2. The molecule has 6 nitrogen and oxygen atoms in total. The number of amides is 1. The van der Waals surface area contributed by atoms with Crippen LogP contribution in [0.15, 0.2) is 35.1 Å². The van der Waals surface area contributed by atoms with Crippen molar-refractivity contribution in [1.29, 1.82) is 0 Å². The molecule has 0 unspecified atom stereocenters. The summed E-state index contributed by atoms with van der Waals surface area (Å²) in [6.07, 6.45) is 5.02. The maximum absolute atomic E-state index is 12.5. The SMILES string of the molecule is Cc1cccc2nc(C3CCN(C(=O)c4cncn4C)CC3)oc12. The van der Waals surface area contributed by atoms with E-state index in [4.69, 9.17) is 4.42 Å². The summed E-state index contributed by atoms with van der Waals surface area (Å²) in [4.78, 5) is 23.1. The molecule has 0 N–H and O–H groups in total. The van der Waals surface area contributed by atoms with Gasteiger partial charge < -0.3 is 13.9 Å². The molecule has 0 spiro atoms. The zero-order valence-electron chi connectivity index (χ0n) is 13.9. The number of aromatic nitrogens is 3. The zero-order valence-corrected chi connectivity index (χ0v) is 13.9. The quantitative estimate of drug-likeness (QED) is 0.727. The van der Waals surface area contributed by atoms with Crippen LogP contribution in [0.3, 0.4) is 0 Å². The van der Waals surface area contributed by atoms with Crippen molar-refractivity contribution in [2.24, 2.45) is 7.05 Å². The molecule has 1 amide bonds. The number of imidazole rings is 1. The average molecular weight is 324 g/mol. The second kappa shape index (κ2) is 5.78. The first-order valence-electron chi connectivity index (χ1n) is 8.25. The number of piperidine rings is 1. The van der Waals surface area contributed by atoms with Gasteiger partial charge in [0, 0.05) is 26.1 Å². The molecular weight excluding hydrogens is 304 g/mol. The van der Waals surface area contributed by atoms with E-state index in [-0.39, 0.29) is 11.8 Å². The molecule has 0 aliphatic carbocycles. The van der Waals surface area contributed by atoms with E-state index in [1.807, 2.05) is 37.1 Å². The summed E-state index contributed by atoms with van der Waals surface area (Å²) in [5.41, 5.74) is 3.53. The topological polar surface area (TPSA) is 64.2 Å². The van der Waals surface area contributed by atoms with Gasteiger partial charge >= 0.3 is 0 Å². The minimum atomic E-state index is 0.0434. The number of hydrogen-bond donors (Lipinski definition) is 0. The van der Waals surface area contributed by atoms with Gasteiger partial charge in [-0.3, -0.25) is 4.79 Å². The van der Waals surface area contributed by atoms with Gasteiger partial charge in [-0.05, 0) is 31.4 Å². The average Bonchev–Trinajstić information content (AvgIpc) is 3.21. The summed E-state index contributed by atoms with van der Waals surface area (Å²) in [5, 5.41) is 0. The van der Waals surface area contributed by atoms with Gasteiger partial charge in [-0.25, -0.2) is 9.97 Å². The third kappa shape index (κ3) is 2.48. The van der Waals surface area contributed by atoms with Crippen molar-refractivity contribution in [3.8, 4) is 0 Å². The summed E-state index contributed by atoms with van der Waals surface area (Å²) in [7, 11) is 1.84. The van der Waals surface area contributed by atoms with E-state index in [1.165, 1.54) is 0 Å². The van der Waals surface area contributed by atoms with Crippen molar-refractivity contribution in [3.05, 3.63) is 47.9 Å². The monoisotopic (exact) mass is 324 g/mol. The molecule has 1 aliphatic heterocycles. The van der Waals surface area contributed by atoms with Crippen molar-refractivity contribution in [3.63, 3.8) is 0 Å². The largest absolute Gasteiger partial charge is 0.440 e. The molecule has 0 radical (unpaired) electrons. The van der Waals surface area contributed by atoms with E-state index >= 15 is 0 Å². The predicted octanol–water partition coefficient (Wildman–Crippen LogP) is 2.89. The highest BCUT2D eigenvalue weighted by Gasteiger charge is 2.28. The molecule has 6 heteroatoms. The Morgan fingerprint density at radius 3 is 2.75 bits per heavy atom. The first-order valence-corrected chi connectivity index (χ1v) is 8.25. The van der Waals surface area contributed by atoms with Gasteiger partial charge in [-0.15, -0.1) is 0 Å². The van der Waals surface area contributed by atoms with Crippen LogP contribution < -0.4 is 0 Å². The number of fused-ring (bicyclic) bond motifs is 1. The smallest absolute Gasteiger partial charge is 0.272 e. The van der Waals surface area contributed by atoms with Crippen LogP contribution in [-0.4, -0.2) is 38.4 Å². The van der Waals surface area contributed by atoms with Crippen molar-refractivity contribution in [2.75, 3.05) is 13.1 Å². The van der Waals surface area contributed by atoms with Crippen LogP contribution in [0.25, 0.3) is 11.1 Å². The number of carbonyl (C=O) groups is 1. The van der Waals surface area contributed by atoms with Crippen LogP contribution in [-0.2, 0) is 7.05 Å². The van der Waals surface area contributed by atoms with Crippen LogP contribution in [0.5, 0.6) is 0 Å². The number of benzene rings is 1. The molecule has 2 aromatic heterocycles. The maximum atomic E-state index is 12.5. The van der Waals surface area contributed by atoms with Crippen molar-refractivity contribution in [1.82, 2.24) is 19.4 Å². The molecule has 3 aromatic rings. The Hall–Kier alpha value is -2.63. The lowest BCUT2D eigenvalue weighted by atomic mass is 9.96. The highest BCUT2D eigenvalue weighted by Crippen LogP contribution is 2.31. The molecule has 124 valence electrons. The second-order valence-corrected chi connectivity index (χ2v) is 6.43. The Balaban J connectivity index is 1.48. The van der Waals surface area contributed by atoms with Gasteiger partial charge in [0.2, 0.25) is 0 Å². The Labute approximate surface area is 140 Å². The minimum Gasteiger partial charge on any atom is -0.440 e. The van der Waals surface area contributed by atoms with Gasteiger partial charge in [0.15, 0.2) is 11.5 Å². The lowest BCUT2D eigenvalue weighted by Crippen LogP contribution is -2.38. The lowest BCUT2D eigenvalue weighted by molar-refractivity contribution is 0.0697. The van der Waals surface area contributed by atoms with Crippen LogP contribution >= 0.6 is 0 Å². The van der Waals surface area contributed by atoms with E-state index in [9.17, 15) is 4.79 Å². The van der Waals surface area contributed by atoms with E-state index in [1.54, 1.807) is 17.1 Å². The lowest BCUT2D eigenvalue weighted by Gasteiger charge is -2.30. The van der Waals surface area contributed by atoms with Crippen LogP contribution in [0.2, 0.25) is 0 Å². The van der Waals surface area contributed by atoms with Gasteiger partial charge in [-0.1, -0.05) is 12.1 Å². The molecule has 0 atom stereocenters. The number of hydrogen-bond acceptors (Lipinski definition) is 4. The van der Waals surface area contributed by atoms with E-state index in [0.717, 1.165) is 35.4 Å². The number of likely N-dealkylation sites (tertiary alicyclic amines) is 1. The summed E-state index contributed by atoms with van der Waals surface area (Å²) in [6, 6.07) is 6.02. The molecular formula is C18H20N4O2. The third-order valence-electron chi connectivity index (χ3n) is 4.80. The molecule has 1 aromatic carbocycles. The Kier molecular flexibility index (Phi) is 3.59. The molecule has 1 saturated heterocycles. The molecule has 24 heavy (non-hydrogen) atoms. The number of nitrogens with zero attached hydrogens (tertiary/aromatic N) is 4. The predicted molar refractivity (Wildman–Crippen MR) is 89.8 cm³/mol. The van der Waals surface area contributed by atoms with Gasteiger partial charge in [0.05, 0.1) is 12.5 Å². The normalized spacial score (nSPS) is 16.0. The first kappa shape index (κ1) is 14.9. The fourth-order valence-corrected chi connectivity index (χ4v) is 3.33. The Bertz CT molecular complexity index is 887. The van der Waals surface area contributed by atoms with E-state index in [2.05, 4.69) is 9.97 Å². The molecule has 1 aliphatic rings. The highest BCUT2D eigenvalue weighted by atomic mass is 16.3. The van der Waals surface area contributed by atoms with E-state index in [0.29, 0.717) is 18.8 Å². The Morgan fingerprint density at radius 2 is 2.08 bits per heavy atom. The van der Waals surface area contributed by atoms with Gasteiger partial charge in [-0.2, -0.15) is 0 Å². The fourth-order valence-electron chi connectivity index (χ4n) is 3.33. The number of para-hydroxylation sites is 1. The number of aryl methyl sites for hydroxylation is 2. The molecule has 0 saturated carbocycles. The fraction of sp³-hybridized carbons (Fsp3) is 0.389. The van der Waals surface area contributed by atoms with Crippen LogP contribution in [0.4, 0.5) is 0 Å². The van der Waals surface area contributed by atoms with Crippen molar-refractivity contribution >= 4 is 17.0 Å². The van der Waals surface area contributed by atoms with Crippen LogP contribution in [0, 0.1) is 6.92 Å². The maximum Gasteiger partial charge on any atom is 0.272 e. The Morgan fingerprint density at radius 1 is 1.29 bits per heavy atom. The van der Waals surface area contributed by atoms with Crippen LogP contribution in [0.1, 0.15) is 40.7 Å². The van der Waals surface area contributed by atoms with Crippen molar-refractivity contribution < 1.29 is 9.21 Å². The van der Waals surface area contributed by atoms with Crippen molar-refractivity contribution in [2.45, 2.75) is 25.7 Å². The molecule has 1 fully saturated rings. The molecule has 0 bridgehead atoms. The number of oxazole rings is 1. The highest BCUT2D eigenvalue weighted by molar-refractivity contribution is 5.92.